The lowest BCUT2D eigenvalue weighted by Gasteiger charge is -2.39. The molecular weight excluding hydrogens is 254 g/mol. The first-order valence-corrected chi connectivity index (χ1v) is 7.95. The Hall–Kier alpha value is -1.06. The van der Waals surface area contributed by atoms with Crippen LogP contribution >= 0.6 is 0 Å². The van der Waals surface area contributed by atoms with E-state index in [-0.39, 0.29) is 23.3 Å². The smallest absolute Gasteiger partial charge is 0.308 e. The van der Waals surface area contributed by atoms with Gasteiger partial charge in [-0.1, -0.05) is 39.5 Å². The molecule has 2 aliphatic carbocycles. The van der Waals surface area contributed by atoms with E-state index in [1.54, 1.807) is 0 Å². The second-order valence-electron chi connectivity index (χ2n) is 7.13. The van der Waals surface area contributed by atoms with Gasteiger partial charge in [0, 0.05) is 12.0 Å². The highest BCUT2D eigenvalue weighted by Crippen LogP contribution is 2.40. The van der Waals surface area contributed by atoms with Crippen molar-refractivity contribution in [2.24, 2.45) is 17.3 Å². The Morgan fingerprint density at radius 1 is 1.05 bits per heavy atom. The van der Waals surface area contributed by atoms with Crippen molar-refractivity contribution in [3.05, 3.63) is 0 Å². The molecule has 0 bridgehead atoms. The first-order chi connectivity index (χ1) is 9.42. The molecule has 4 nitrogen and oxygen atoms in total. The van der Waals surface area contributed by atoms with Crippen LogP contribution in [0.5, 0.6) is 0 Å². The number of hydrogen-bond acceptors (Lipinski definition) is 2. The maximum atomic E-state index is 12.5. The molecule has 4 heteroatoms. The van der Waals surface area contributed by atoms with Gasteiger partial charge in [-0.05, 0) is 31.1 Å². The topological polar surface area (TPSA) is 66.4 Å². The van der Waals surface area contributed by atoms with Gasteiger partial charge in [0.05, 0.1) is 5.92 Å². The van der Waals surface area contributed by atoms with Crippen molar-refractivity contribution in [2.75, 3.05) is 0 Å². The summed E-state index contributed by atoms with van der Waals surface area (Å²) >= 11 is 0. The van der Waals surface area contributed by atoms with E-state index in [0.717, 1.165) is 38.5 Å². The summed E-state index contributed by atoms with van der Waals surface area (Å²) in [4.78, 5) is 23.8. The van der Waals surface area contributed by atoms with Crippen molar-refractivity contribution in [3.8, 4) is 0 Å². The molecule has 3 unspecified atom stereocenters. The van der Waals surface area contributed by atoms with Gasteiger partial charge < -0.3 is 10.4 Å². The Morgan fingerprint density at radius 3 is 2.35 bits per heavy atom. The average Bonchev–Trinajstić information content (AvgIpc) is 2.38. The van der Waals surface area contributed by atoms with Crippen LogP contribution in [0.2, 0.25) is 0 Å². The van der Waals surface area contributed by atoms with Gasteiger partial charge in [0.1, 0.15) is 0 Å². The molecule has 2 rings (SSSR count). The maximum absolute atomic E-state index is 12.5. The average molecular weight is 281 g/mol. The molecule has 0 spiro atoms. The lowest BCUT2D eigenvalue weighted by Crippen LogP contribution is -2.50. The number of carboxylic acids is 1. The van der Waals surface area contributed by atoms with Crippen LogP contribution in [0, 0.1) is 17.3 Å². The molecule has 114 valence electrons. The Morgan fingerprint density at radius 2 is 1.70 bits per heavy atom. The third kappa shape index (κ3) is 3.33. The summed E-state index contributed by atoms with van der Waals surface area (Å²) in [5.41, 5.74) is 0.0374. The van der Waals surface area contributed by atoms with Gasteiger partial charge in [-0.25, -0.2) is 0 Å². The van der Waals surface area contributed by atoms with E-state index in [1.807, 2.05) is 0 Å². The van der Waals surface area contributed by atoms with Crippen molar-refractivity contribution in [2.45, 2.75) is 71.3 Å². The Labute approximate surface area is 121 Å². The predicted octanol–water partition coefficient (Wildman–Crippen LogP) is 2.96. The highest BCUT2D eigenvalue weighted by atomic mass is 16.4. The fourth-order valence-corrected chi connectivity index (χ4v) is 3.86. The van der Waals surface area contributed by atoms with Crippen LogP contribution in [-0.4, -0.2) is 23.0 Å². The number of carbonyl (C=O) groups excluding carboxylic acids is 1. The van der Waals surface area contributed by atoms with E-state index >= 15 is 0 Å². The van der Waals surface area contributed by atoms with E-state index in [2.05, 4.69) is 19.2 Å². The van der Waals surface area contributed by atoms with E-state index in [1.165, 1.54) is 6.42 Å². The molecule has 2 saturated carbocycles. The Kier molecular flexibility index (Phi) is 4.71. The molecule has 0 aromatic rings. The van der Waals surface area contributed by atoms with Crippen LogP contribution in [0.15, 0.2) is 0 Å². The number of rotatable bonds is 3. The maximum Gasteiger partial charge on any atom is 0.308 e. The zero-order chi connectivity index (χ0) is 14.8. The number of amides is 1. The number of nitrogens with one attached hydrogen (secondary N) is 1. The van der Waals surface area contributed by atoms with Crippen LogP contribution in [0.3, 0.4) is 0 Å². The van der Waals surface area contributed by atoms with Crippen molar-refractivity contribution < 1.29 is 14.7 Å². The van der Waals surface area contributed by atoms with Gasteiger partial charge in [0.15, 0.2) is 0 Å². The van der Waals surface area contributed by atoms with Crippen LogP contribution in [-0.2, 0) is 9.59 Å². The molecule has 0 aromatic carbocycles. The van der Waals surface area contributed by atoms with E-state index in [9.17, 15) is 14.7 Å². The normalized spacial score (nSPS) is 33.4. The molecule has 2 aliphatic rings. The zero-order valence-corrected chi connectivity index (χ0v) is 12.7. The number of carbonyl (C=O) groups is 2. The molecule has 20 heavy (non-hydrogen) atoms. The highest BCUT2D eigenvalue weighted by Gasteiger charge is 2.39. The summed E-state index contributed by atoms with van der Waals surface area (Å²) < 4.78 is 0. The van der Waals surface area contributed by atoms with Gasteiger partial charge in [0.2, 0.25) is 5.91 Å². The molecule has 2 N–H and O–H groups in total. The third-order valence-electron chi connectivity index (χ3n) is 5.23. The molecule has 0 heterocycles. The Balaban J connectivity index is 2.00. The standard InChI is InChI=1S/C16H27NO3/c1-16(2)10-6-5-8-12(16)14(18)17-13-9-4-3-7-11(13)15(19)20/h11-13H,3-10H2,1-2H3,(H,17,18)(H,19,20). The molecular formula is C16H27NO3. The van der Waals surface area contributed by atoms with Crippen LogP contribution in [0.25, 0.3) is 0 Å². The van der Waals surface area contributed by atoms with Gasteiger partial charge in [-0.15, -0.1) is 0 Å². The number of aliphatic carboxylic acids is 1. The first kappa shape index (κ1) is 15.3. The molecule has 0 aromatic heterocycles. The number of carboxylic acid groups (broad SMARTS) is 1. The lowest BCUT2D eigenvalue weighted by molar-refractivity contribution is -0.144. The van der Waals surface area contributed by atoms with Crippen LogP contribution < -0.4 is 5.32 Å². The van der Waals surface area contributed by atoms with E-state index < -0.39 is 11.9 Å². The van der Waals surface area contributed by atoms with Crippen LogP contribution in [0.1, 0.15) is 65.2 Å². The van der Waals surface area contributed by atoms with Crippen molar-refractivity contribution in [3.63, 3.8) is 0 Å². The van der Waals surface area contributed by atoms with E-state index in [0.29, 0.717) is 6.42 Å². The molecule has 2 fully saturated rings. The van der Waals surface area contributed by atoms with Crippen molar-refractivity contribution in [1.82, 2.24) is 5.32 Å². The zero-order valence-electron chi connectivity index (χ0n) is 12.7. The molecule has 1 amide bonds. The summed E-state index contributed by atoms with van der Waals surface area (Å²) in [6, 6.07) is -0.175. The highest BCUT2D eigenvalue weighted by molar-refractivity contribution is 5.81. The van der Waals surface area contributed by atoms with Crippen LogP contribution in [0.4, 0.5) is 0 Å². The van der Waals surface area contributed by atoms with Crippen molar-refractivity contribution >= 4 is 11.9 Å². The van der Waals surface area contributed by atoms with Gasteiger partial charge in [0.25, 0.3) is 0 Å². The Bertz CT molecular complexity index is 378. The fourth-order valence-electron chi connectivity index (χ4n) is 3.86. The molecule has 0 saturated heterocycles. The minimum atomic E-state index is -0.766. The molecule has 0 radical (unpaired) electrons. The first-order valence-electron chi connectivity index (χ1n) is 7.95. The monoisotopic (exact) mass is 281 g/mol. The van der Waals surface area contributed by atoms with E-state index in [4.69, 9.17) is 0 Å². The molecule has 0 aliphatic heterocycles. The fraction of sp³-hybridized carbons (Fsp3) is 0.875. The second kappa shape index (κ2) is 6.15. The largest absolute Gasteiger partial charge is 0.481 e. The third-order valence-corrected chi connectivity index (χ3v) is 5.23. The van der Waals surface area contributed by atoms with Gasteiger partial charge in [-0.2, -0.15) is 0 Å². The quantitative estimate of drug-likeness (QED) is 0.835. The summed E-state index contributed by atoms with van der Waals surface area (Å²) in [6.45, 7) is 4.32. The SMILES string of the molecule is CC1(C)CCCCC1C(=O)NC1CCCCC1C(=O)O. The molecule has 3 atom stereocenters. The lowest BCUT2D eigenvalue weighted by atomic mass is 9.68. The second-order valence-corrected chi connectivity index (χ2v) is 7.13. The minimum absolute atomic E-state index is 0.0348. The van der Waals surface area contributed by atoms with Crippen molar-refractivity contribution in [1.29, 1.82) is 0 Å². The summed E-state index contributed by atoms with van der Waals surface area (Å²) in [5.74, 6) is -1.06. The van der Waals surface area contributed by atoms with Gasteiger partial charge in [-0.3, -0.25) is 9.59 Å². The number of hydrogen-bond donors (Lipinski definition) is 2. The predicted molar refractivity (Wildman–Crippen MR) is 77.3 cm³/mol. The minimum Gasteiger partial charge on any atom is -0.481 e. The summed E-state index contributed by atoms with van der Waals surface area (Å²) in [6.07, 6.45) is 7.78. The summed E-state index contributed by atoms with van der Waals surface area (Å²) in [5, 5.41) is 12.3. The summed E-state index contributed by atoms with van der Waals surface area (Å²) in [7, 11) is 0. The van der Waals surface area contributed by atoms with Gasteiger partial charge >= 0.3 is 5.97 Å².